The van der Waals surface area contributed by atoms with Crippen LogP contribution in [0.5, 0.6) is 0 Å². The van der Waals surface area contributed by atoms with Gasteiger partial charge in [0.2, 0.25) is 0 Å². The molecule has 2 aliphatic heterocycles. The lowest BCUT2D eigenvalue weighted by molar-refractivity contribution is 0.177. The van der Waals surface area contributed by atoms with E-state index in [1.807, 2.05) is 16.0 Å². The highest BCUT2D eigenvalue weighted by Gasteiger charge is 2.25. The van der Waals surface area contributed by atoms with E-state index in [1.54, 1.807) is 7.11 Å². The highest BCUT2D eigenvalue weighted by Crippen LogP contribution is 2.28. The van der Waals surface area contributed by atoms with Crippen molar-refractivity contribution in [1.82, 2.24) is 30.3 Å². The van der Waals surface area contributed by atoms with Crippen LogP contribution in [-0.2, 0) is 24.3 Å². The molecule has 0 amide bonds. The van der Waals surface area contributed by atoms with Crippen LogP contribution >= 0.6 is 35.3 Å². The maximum Gasteiger partial charge on any atom is 0.191 e. The van der Waals surface area contributed by atoms with E-state index >= 15 is 0 Å². The van der Waals surface area contributed by atoms with Crippen LogP contribution in [0.25, 0.3) is 0 Å². The molecule has 4 rings (SSSR count). The lowest BCUT2D eigenvalue weighted by Gasteiger charge is -2.27. The summed E-state index contributed by atoms with van der Waals surface area (Å²) in [6.45, 7) is 7.34. The SMILES string of the molecule is CCNC(=NCC(c1cccs1)N1CCCC1)NC1CCc2nc(COC)nn2C1.I. The summed E-state index contributed by atoms with van der Waals surface area (Å²) in [6, 6.07) is 5.05. The van der Waals surface area contributed by atoms with Crippen molar-refractivity contribution in [3.05, 3.63) is 34.0 Å². The molecule has 0 radical (unpaired) electrons. The van der Waals surface area contributed by atoms with Gasteiger partial charge in [0.05, 0.1) is 19.1 Å². The molecule has 2 N–H and O–H groups in total. The standard InChI is InChI=1S/C21H33N7OS.HI/c1-3-22-21(23-13-17(18-7-6-12-30-18)27-10-4-5-11-27)24-16-8-9-20-25-19(15-29-2)26-28(20)14-16;/h6-7,12,16-17H,3-5,8-11,13-15H2,1-2H3,(H2,22,23,24);1H. The number of ether oxygens (including phenoxy) is 1. The third-order valence-corrected chi connectivity index (χ3v) is 6.71. The van der Waals surface area contributed by atoms with Gasteiger partial charge in [-0.1, -0.05) is 6.07 Å². The summed E-state index contributed by atoms with van der Waals surface area (Å²) in [7, 11) is 1.68. The number of hydrogen-bond acceptors (Lipinski definition) is 6. The zero-order valence-corrected chi connectivity index (χ0v) is 21.6. The van der Waals surface area contributed by atoms with E-state index in [4.69, 9.17) is 9.73 Å². The number of aliphatic imine (C=N–C) groups is 1. The van der Waals surface area contributed by atoms with Crippen LogP contribution in [0.15, 0.2) is 22.5 Å². The van der Waals surface area contributed by atoms with Gasteiger partial charge in [0, 0.05) is 31.0 Å². The van der Waals surface area contributed by atoms with Gasteiger partial charge in [-0.25, -0.2) is 9.67 Å². The Morgan fingerprint density at radius 2 is 2.23 bits per heavy atom. The molecule has 0 spiro atoms. The summed E-state index contributed by atoms with van der Waals surface area (Å²) >= 11 is 1.84. The topological polar surface area (TPSA) is 79.6 Å². The minimum absolute atomic E-state index is 0. The summed E-state index contributed by atoms with van der Waals surface area (Å²) < 4.78 is 7.18. The van der Waals surface area contributed by atoms with E-state index in [0.29, 0.717) is 18.7 Å². The number of aromatic nitrogens is 3. The van der Waals surface area contributed by atoms with Crippen LogP contribution in [-0.4, -0.2) is 65.0 Å². The molecule has 2 aliphatic rings. The number of nitrogens with one attached hydrogen (secondary N) is 2. The van der Waals surface area contributed by atoms with Crippen molar-refractivity contribution < 1.29 is 4.74 Å². The molecule has 1 fully saturated rings. The average Bonchev–Trinajstić information content (AvgIpc) is 3.50. The Bertz CT molecular complexity index is 820. The first-order chi connectivity index (χ1) is 14.8. The van der Waals surface area contributed by atoms with Gasteiger partial charge in [-0.2, -0.15) is 5.10 Å². The molecular formula is C21H34IN7OS. The molecule has 2 unspecified atom stereocenters. The first-order valence-electron chi connectivity index (χ1n) is 11.0. The summed E-state index contributed by atoms with van der Waals surface area (Å²) in [5, 5.41) is 13.8. The Labute approximate surface area is 205 Å². The molecule has 2 aromatic rings. The van der Waals surface area contributed by atoms with E-state index in [9.17, 15) is 0 Å². The van der Waals surface area contributed by atoms with Crippen molar-refractivity contribution >= 4 is 41.3 Å². The van der Waals surface area contributed by atoms with Crippen LogP contribution in [0.2, 0.25) is 0 Å². The van der Waals surface area contributed by atoms with Crippen molar-refractivity contribution in [2.75, 3.05) is 33.3 Å². The molecule has 0 aliphatic carbocycles. The molecule has 0 aromatic carbocycles. The molecule has 10 heteroatoms. The zero-order valence-electron chi connectivity index (χ0n) is 18.4. The Morgan fingerprint density at radius 3 is 2.94 bits per heavy atom. The number of fused-ring (bicyclic) bond motifs is 1. The fourth-order valence-electron chi connectivity index (χ4n) is 4.28. The van der Waals surface area contributed by atoms with Crippen LogP contribution in [0.4, 0.5) is 0 Å². The first-order valence-corrected chi connectivity index (χ1v) is 11.9. The number of nitrogens with zero attached hydrogens (tertiary/aromatic N) is 5. The van der Waals surface area contributed by atoms with Crippen LogP contribution in [0.3, 0.4) is 0 Å². The number of methoxy groups -OCH3 is 1. The largest absolute Gasteiger partial charge is 0.377 e. The zero-order chi connectivity index (χ0) is 20.8. The summed E-state index contributed by atoms with van der Waals surface area (Å²) in [4.78, 5) is 13.6. The van der Waals surface area contributed by atoms with E-state index < -0.39 is 0 Å². The minimum Gasteiger partial charge on any atom is -0.377 e. The van der Waals surface area contributed by atoms with Gasteiger partial charge in [0.1, 0.15) is 12.4 Å². The van der Waals surface area contributed by atoms with E-state index in [2.05, 4.69) is 50.1 Å². The second-order valence-corrected chi connectivity index (χ2v) is 8.91. The Morgan fingerprint density at radius 1 is 1.39 bits per heavy atom. The Hall–Kier alpha value is -1.24. The second-order valence-electron chi connectivity index (χ2n) is 7.93. The predicted molar refractivity (Wildman–Crippen MR) is 135 cm³/mol. The fraction of sp³-hybridized carbons (Fsp3) is 0.667. The number of likely N-dealkylation sites (tertiary alicyclic amines) is 1. The van der Waals surface area contributed by atoms with Crippen LogP contribution < -0.4 is 10.6 Å². The van der Waals surface area contributed by atoms with Crippen molar-refractivity contribution in [2.24, 2.45) is 4.99 Å². The van der Waals surface area contributed by atoms with Gasteiger partial charge in [-0.05, 0) is 50.7 Å². The van der Waals surface area contributed by atoms with Gasteiger partial charge in [0.15, 0.2) is 11.8 Å². The number of aryl methyl sites for hydroxylation is 1. The molecule has 8 nitrogen and oxygen atoms in total. The molecule has 1 saturated heterocycles. The number of hydrogen-bond donors (Lipinski definition) is 2. The van der Waals surface area contributed by atoms with Crippen molar-refractivity contribution in [3.63, 3.8) is 0 Å². The third kappa shape index (κ3) is 6.39. The minimum atomic E-state index is 0. The monoisotopic (exact) mass is 559 g/mol. The Balaban J connectivity index is 0.00000272. The highest BCUT2D eigenvalue weighted by atomic mass is 127. The van der Waals surface area contributed by atoms with Gasteiger partial charge in [-0.15, -0.1) is 35.3 Å². The molecule has 2 atom stereocenters. The first kappa shape index (κ1) is 24.4. The smallest absolute Gasteiger partial charge is 0.191 e. The normalized spacial score (nSPS) is 20.2. The molecular weight excluding hydrogens is 525 g/mol. The molecule has 0 bridgehead atoms. The predicted octanol–water partition coefficient (Wildman–Crippen LogP) is 2.81. The molecule has 31 heavy (non-hydrogen) atoms. The maximum atomic E-state index is 5.17. The van der Waals surface area contributed by atoms with Gasteiger partial charge in [-0.3, -0.25) is 9.89 Å². The fourth-order valence-corrected chi connectivity index (χ4v) is 5.13. The van der Waals surface area contributed by atoms with Crippen LogP contribution in [0, 0.1) is 0 Å². The number of guanidine groups is 1. The summed E-state index contributed by atoms with van der Waals surface area (Å²) in [5.74, 6) is 2.70. The number of halogens is 1. The van der Waals surface area contributed by atoms with E-state index in [0.717, 1.165) is 50.1 Å². The van der Waals surface area contributed by atoms with E-state index in [-0.39, 0.29) is 24.0 Å². The third-order valence-electron chi connectivity index (χ3n) is 5.74. The van der Waals surface area contributed by atoms with Gasteiger partial charge >= 0.3 is 0 Å². The van der Waals surface area contributed by atoms with Crippen molar-refractivity contribution in [1.29, 1.82) is 0 Å². The lowest BCUT2D eigenvalue weighted by atomic mass is 10.1. The molecule has 2 aromatic heterocycles. The van der Waals surface area contributed by atoms with Gasteiger partial charge in [0.25, 0.3) is 0 Å². The second kappa shape index (κ2) is 12.1. The molecule has 0 saturated carbocycles. The quantitative estimate of drug-likeness (QED) is 0.294. The summed E-state index contributed by atoms with van der Waals surface area (Å²) in [5.41, 5.74) is 0. The van der Waals surface area contributed by atoms with Gasteiger partial charge < -0.3 is 15.4 Å². The van der Waals surface area contributed by atoms with Crippen LogP contribution in [0.1, 0.15) is 48.8 Å². The van der Waals surface area contributed by atoms with E-state index in [1.165, 1.54) is 30.8 Å². The van der Waals surface area contributed by atoms with Crippen molar-refractivity contribution in [3.8, 4) is 0 Å². The maximum absolute atomic E-state index is 5.17. The Kier molecular flexibility index (Phi) is 9.54. The average molecular weight is 560 g/mol. The lowest BCUT2D eigenvalue weighted by Crippen LogP contribution is -2.47. The van der Waals surface area contributed by atoms with Crippen molar-refractivity contribution in [2.45, 2.75) is 57.8 Å². The highest BCUT2D eigenvalue weighted by molar-refractivity contribution is 14.0. The molecule has 4 heterocycles. The number of rotatable bonds is 8. The summed E-state index contributed by atoms with van der Waals surface area (Å²) in [6.07, 6.45) is 4.52. The molecule has 172 valence electrons. The number of thiophene rings is 1.